The number of ether oxygens (including phenoxy) is 1. The summed E-state index contributed by atoms with van der Waals surface area (Å²) in [4.78, 5) is 34.1. The number of carbonyl (C=O) groups is 3. The van der Waals surface area contributed by atoms with Gasteiger partial charge in [-0.25, -0.2) is 9.59 Å². The molecule has 0 saturated carbocycles. The van der Waals surface area contributed by atoms with Crippen molar-refractivity contribution in [1.29, 1.82) is 0 Å². The van der Waals surface area contributed by atoms with Crippen molar-refractivity contribution in [3.8, 4) is 0 Å². The first-order valence-electron chi connectivity index (χ1n) is 6.90. The molecular formula is C15H18N2O4. The van der Waals surface area contributed by atoms with E-state index < -0.39 is 24.0 Å². The fourth-order valence-electron chi connectivity index (χ4n) is 2.37. The van der Waals surface area contributed by atoms with Crippen LogP contribution in [-0.2, 0) is 22.4 Å². The van der Waals surface area contributed by atoms with Gasteiger partial charge in [-0.3, -0.25) is 10.1 Å². The lowest BCUT2D eigenvalue weighted by molar-refractivity contribution is -0.127. The summed E-state index contributed by atoms with van der Waals surface area (Å²) in [5.41, 5.74) is 7.67. The smallest absolute Gasteiger partial charge is 0.338 e. The molecule has 112 valence electrons. The molecule has 0 heterocycles. The van der Waals surface area contributed by atoms with Gasteiger partial charge < -0.3 is 10.5 Å². The molecular weight excluding hydrogens is 272 g/mol. The summed E-state index contributed by atoms with van der Waals surface area (Å²) in [5.74, 6) is -1.33. The number of primary amides is 1. The van der Waals surface area contributed by atoms with Gasteiger partial charge in [0.05, 0.1) is 5.56 Å². The van der Waals surface area contributed by atoms with Crippen LogP contribution in [0, 0.1) is 0 Å². The second-order valence-corrected chi connectivity index (χ2v) is 5.09. The summed E-state index contributed by atoms with van der Waals surface area (Å²) in [6.07, 6.45) is 3.18. The lowest BCUT2D eigenvalue weighted by atomic mass is 9.90. The van der Waals surface area contributed by atoms with Crippen LogP contribution in [0.25, 0.3) is 0 Å². The van der Waals surface area contributed by atoms with Gasteiger partial charge in [-0.15, -0.1) is 0 Å². The van der Waals surface area contributed by atoms with Gasteiger partial charge in [0, 0.05) is 0 Å². The number of nitrogens with one attached hydrogen (secondary N) is 1. The van der Waals surface area contributed by atoms with Crippen LogP contribution in [0.2, 0.25) is 0 Å². The Labute approximate surface area is 122 Å². The molecule has 1 aliphatic rings. The Hall–Kier alpha value is -2.37. The Morgan fingerprint density at radius 2 is 1.86 bits per heavy atom. The van der Waals surface area contributed by atoms with Gasteiger partial charge in [0.1, 0.15) is 0 Å². The van der Waals surface area contributed by atoms with Gasteiger partial charge in [-0.2, -0.15) is 0 Å². The number of aryl methyl sites for hydroxylation is 2. The SMILES string of the molecule is C[C@@H](OC(=O)c1ccc2c(c1)CCCC2)C(=O)NC(N)=O. The van der Waals surface area contributed by atoms with E-state index in [1.807, 2.05) is 17.4 Å². The van der Waals surface area contributed by atoms with Gasteiger partial charge in [0.15, 0.2) is 6.10 Å². The first kappa shape index (κ1) is 15.0. The maximum absolute atomic E-state index is 12.0. The molecule has 0 saturated heterocycles. The molecule has 2 rings (SSSR count). The maximum Gasteiger partial charge on any atom is 0.338 e. The average molecular weight is 290 g/mol. The summed E-state index contributed by atoms with van der Waals surface area (Å²) in [6.45, 7) is 1.38. The van der Waals surface area contributed by atoms with E-state index in [2.05, 4.69) is 0 Å². The van der Waals surface area contributed by atoms with E-state index in [1.54, 1.807) is 6.07 Å². The van der Waals surface area contributed by atoms with E-state index in [0.717, 1.165) is 24.8 Å². The molecule has 0 unspecified atom stereocenters. The number of esters is 1. The van der Waals surface area contributed by atoms with Crippen LogP contribution < -0.4 is 11.1 Å². The molecule has 0 bridgehead atoms. The lowest BCUT2D eigenvalue weighted by Gasteiger charge is -2.17. The van der Waals surface area contributed by atoms with Crippen molar-refractivity contribution in [2.75, 3.05) is 0 Å². The number of carbonyl (C=O) groups excluding carboxylic acids is 3. The Bertz CT molecular complexity index is 583. The van der Waals surface area contributed by atoms with E-state index in [-0.39, 0.29) is 0 Å². The highest BCUT2D eigenvalue weighted by Gasteiger charge is 2.21. The van der Waals surface area contributed by atoms with E-state index in [9.17, 15) is 14.4 Å². The minimum atomic E-state index is -1.08. The van der Waals surface area contributed by atoms with E-state index in [0.29, 0.717) is 5.56 Å². The second-order valence-electron chi connectivity index (χ2n) is 5.09. The molecule has 3 amide bonds. The molecule has 1 atom stereocenters. The average Bonchev–Trinajstić information content (AvgIpc) is 2.45. The molecule has 0 aliphatic heterocycles. The monoisotopic (exact) mass is 290 g/mol. The molecule has 6 nitrogen and oxygen atoms in total. The Kier molecular flexibility index (Phi) is 4.57. The minimum absolute atomic E-state index is 0.411. The van der Waals surface area contributed by atoms with Crippen molar-refractivity contribution >= 4 is 17.9 Å². The van der Waals surface area contributed by atoms with Crippen molar-refractivity contribution < 1.29 is 19.1 Å². The summed E-state index contributed by atoms with van der Waals surface area (Å²) < 4.78 is 5.03. The highest BCUT2D eigenvalue weighted by Crippen LogP contribution is 2.22. The predicted octanol–water partition coefficient (Wildman–Crippen LogP) is 1.31. The Balaban J connectivity index is 2.03. The van der Waals surface area contributed by atoms with Crippen molar-refractivity contribution in [3.63, 3.8) is 0 Å². The largest absolute Gasteiger partial charge is 0.449 e. The number of urea groups is 1. The molecule has 1 aromatic rings. The number of rotatable bonds is 3. The number of nitrogens with two attached hydrogens (primary N) is 1. The molecule has 6 heteroatoms. The lowest BCUT2D eigenvalue weighted by Crippen LogP contribution is -2.42. The normalized spacial score (nSPS) is 14.7. The van der Waals surface area contributed by atoms with E-state index >= 15 is 0 Å². The highest BCUT2D eigenvalue weighted by molar-refractivity contribution is 5.98. The van der Waals surface area contributed by atoms with Crippen LogP contribution >= 0.6 is 0 Å². The number of benzene rings is 1. The zero-order valence-electron chi connectivity index (χ0n) is 11.8. The van der Waals surface area contributed by atoms with Crippen LogP contribution in [0.3, 0.4) is 0 Å². The third-order valence-corrected chi connectivity index (χ3v) is 3.48. The molecule has 0 aromatic heterocycles. The van der Waals surface area contributed by atoms with Crippen molar-refractivity contribution in [2.45, 2.75) is 38.7 Å². The predicted molar refractivity (Wildman–Crippen MR) is 75.7 cm³/mol. The summed E-state index contributed by atoms with van der Waals surface area (Å²) in [6, 6.07) is 4.47. The molecule has 1 aromatic carbocycles. The fourth-order valence-corrected chi connectivity index (χ4v) is 2.37. The quantitative estimate of drug-likeness (QED) is 0.820. The topological polar surface area (TPSA) is 98.5 Å². The number of hydrogen-bond acceptors (Lipinski definition) is 4. The zero-order valence-corrected chi connectivity index (χ0v) is 11.8. The van der Waals surface area contributed by atoms with Crippen LogP contribution in [0.15, 0.2) is 18.2 Å². The highest BCUT2D eigenvalue weighted by atomic mass is 16.5. The second kappa shape index (κ2) is 6.39. The maximum atomic E-state index is 12.0. The van der Waals surface area contributed by atoms with Gasteiger partial charge in [0.25, 0.3) is 5.91 Å². The van der Waals surface area contributed by atoms with Crippen LogP contribution in [0.5, 0.6) is 0 Å². The fraction of sp³-hybridized carbons (Fsp3) is 0.400. The minimum Gasteiger partial charge on any atom is -0.449 e. The first-order valence-corrected chi connectivity index (χ1v) is 6.90. The van der Waals surface area contributed by atoms with Crippen molar-refractivity contribution in [2.24, 2.45) is 5.73 Å². The molecule has 0 fully saturated rings. The van der Waals surface area contributed by atoms with E-state index in [1.165, 1.54) is 18.9 Å². The third-order valence-electron chi connectivity index (χ3n) is 3.48. The zero-order chi connectivity index (χ0) is 15.4. The first-order chi connectivity index (χ1) is 9.97. The van der Waals surface area contributed by atoms with Gasteiger partial charge in [-0.05, 0) is 55.9 Å². The number of fused-ring (bicyclic) bond motifs is 1. The Morgan fingerprint density at radius 3 is 2.52 bits per heavy atom. The standard InChI is InChI=1S/C15H18N2O4/c1-9(13(18)17-15(16)20)21-14(19)12-7-6-10-4-2-3-5-11(10)8-12/h6-9H,2-5H2,1H3,(H3,16,17,18,20)/t9-/m1/s1. The van der Waals surface area contributed by atoms with Crippen LogP contribution in [0.1, 0.15) is 41.3 Å². The Morgan fingerprint density at radius 1 is 1.19 bits per heavy atom. The summed E-state index contributed by atoms with van der Waals surface area (Å²) >= 11 is 0. The van der Waals surface area contributed by atoms with Crippen molar-refractivity contribution in [1.82, 2.24) is 5.32 Å². The van der Waals surface area contributed by atoms with Crippen molar-refractivity contribution in [3.05, 3.63) is 34.9 Å². The molecule has 3 N–H and O–H groups in total. The van der Waals surface area contributed by atoms with Gasteiger partial charge >= 0.3 is 12.0 Å². The third kappa shape index (κ3) is 3.81. The van der Waals surface area contributed by atoms with E-state index in [4.69, 9.17) is 10.5 Å². The molecule has 21 heavy (non-hydrogen) atoms. The van der Waals surface area contributed by atoms with Gasteiger partial charge in [0.2, 0.25) is 0 Å². The van der Waals surface area contributed by atoms with Crippen LogP contribution in [-0.4, -0.2) is 24.0 Å². The van der Waals surface area contributed by atoms with Crippen LogP contribution in [0.4, 0.5) is 4.79 Å². The summed E-state index contributed by atoms with van der Waals surface area (Å²) in [5, 5.41) is 1.87. The van der Waals surface area contributed by atoms with Gasteiger partial charge in [-0.1, -0.05) is 6.07 Å². The number of amides is 3. The molecule has 0 spiro atoms. The summed E-state index contributed by atoms with van der Waals surface area (Å²) in [7, 11) is 0. The number of imide groups is 1. The molecule has 1 aliphatic carbocycles. The molecule has 0 radical (unpaired) electrons. The number of hydrogen-bond donors (Lipinski definition) is 2.